The molecule has 5 nitrogen and oxygen atoms in total. The summed E-state index contributed by atoms with van der Waals surface area (Å²) in [6, 6.07) is 19.5. The molecule has 1 aromatic heterocycles. The number of piperazine rings is 1. The van der Waals surface area contributed by atoms with Crippen molar-refractivity contribution in [2.24, 2.45) is 0 Å². The van der Waals surface area contributed by atoms with Gasteiger partial charge in [-0.25, -0.2) is 9.97 Å². The first kappa shape index (κ1) is 23.1. The summed E-state index contributed by atoms with van der Waals surface area (Å²) in [5.41, 5.74) is 6.09. The highest BCUT2D eigenvalue weighted by atomic mass is 32.2. The molecule has 1 fully saturated rings. The van der Waals surface area contributed by atoms with E-state index in [0.29, 0.717) is 16.4 Å². The van der Waals surface area contributed by atoms with E-state index in [1.807, 2.05) is 6.26 Å². The van der Waals surface area contributed by atoms with E-state index in [1.165, 1.54) is 28.6 Å². The van der Waals surface area contributed by atoms with Crippen molar-refractivity contribution < 1.29 is 0 Å². The van der Waals surface area contributed by atoms with Crippen LogP contribution in [0.15, 0.2) is 53.7 Å². The molecular formula is C27H31N5S. The van der Waals surface area contributed by atoms with Crippen molar-refractivity contribution in [3.8, 4) is 17.3 Å². The van der Waals surface area contributed by atoms with Gasteiger partial charge in [-0.05, 0) is 41.9 Å². The van der Waals surface area contributed by atoms with Crippen LogP contribution in [-0.4, -0.2) is 42.4 Å². The van der Waals surface area contributed by atoms with Gasteiger partial charge >= 0.3 is 0 Å². The molecule has 1 aliphatic rings. The second-order valence-electron chi connectivity index (χ2n) is 9.51. The van der Waals surface area contributed by atoms with Crippen molar-refractivity contribution in [3.05, 3.63) is 65.2 Å². The van der Waals surface area contributed by atoms with E-state index >= 15 is 0 Å². The first-order valence-electron chi connectivity index (χ1n) is 11.3. The highest BCUT2D eigenvalue weighted by Crippen LogP contribution is 2.33. The zero-order valence-corrected chi connectivity index (χ0v) is 20.9. The third kappa shape index (κ3) is 4.99. The number of aryl methyl sites for hydroxylation is 1. The highest BCUT2D eigenvalue weighted by molar-refractivity contribution is 7.98. The maximum Gasteiger partial charge on any atom is 0.189 e. The number of hydrogen-bond donors (Lipinski definition) is 0. The fourth-order valence-corrected chi connectivity index (χ4v) is 4.55. The van der Waals surface area contributed by atoms with Gasteiger partial charge in [0.25, 0.3) is 0 Å². The van der Waals surface area contributed by atoms with Gasteiger partial charge in [0.15, 0.2) is 11.0 Å². The molecule has 1 saturated heterocycles. The normalized spacial score (nSPS) is 14.3. The SMILES string of the molecule is CSc1nc(-c2ccc(C(C)(C)C)cc2)c(C#N)c(N2CCN(c3cccc(C)c3)CC2)n1. The van der Waals surface area contributed by atoms with Gasteiger partial charge in [-0.15, -0.1) is 0 Å². The van der Waals surface area contributed by atoms with Gasteiger partial charge in [-0.2, -0.15) is 5.26 Å². The monoisotopic (exact) mass is 457 g/mol. The van der Waals surface area contributed by atoms with Gasteiger partial charge in [-0.3, -0.25) is 0 Å². The minimum atomic E-state index is 0.0782. The summed E-state index contributed by atoms with van der Waals surface area (Å²) in [5, 5.41) is 10.8. The Bertz CT molecular complexity index is 1170. The number of hydrogen-bond acceptors (Lipinski definition) is 6. The van der Waals surface area contributed by atoms with Gasteiger partial charge in [0.05, 0.1) is 5.69 Å². The van der Waals surface area contributed by atoms with Gasteiger partial charge in [0.2, 0.25) is 0 Å². The predicted molar refractivity (Wildman–Crippen MR) is 138 cm³/mol. The van der Waals surface area contributed by atoms with Gasteiger partial charge in [0.1, 0.15) is 11.6 Å². The molecule has 33 heavy (non-hydrogen) atoms. The van der Waals surface area contributed by atoms with E-state index in [1.54, 1.807) is 0 Å². The lowest BCUT2D eigenvalue weighted by atomic mass is 9.86. The van der Waals surface area contributed by atoms with Crippen molar-refractivity contribution in [1.82, 2.24) is 9.97 Å². The summed E-state index contributed by atoms with van der Waals surface area (Å²) in [6.07, 6.45) is 1.98. The summed E-state index contributed by atoms with van der Waals surface area (Å²) in [7, 11) is 0. The van der Waals surface area contributed by atoms with Gasteiger partial charge in [0, 0.05) is 37.4 Å². The summed E-state index contributed by atoms with van der Waals surface area (Å²) >= 11 is 1.51. The van der Waals surface area contributed by atoms with E-state index in [9.17, 15) is 5.26 Å². The van der Waals surface area contributed by atoms with Crippen molar-refractivity contribution in [2.45, 2.75) is 38.3 Å². The maximum absolute atomic E-state index is 10.1. The molecule has 0 bridgehead atoms. The van der Waals surface area contributed by atoms with Crippen LogP contribution >= 0.6 is 11.8 Å². The largest absolute Gasteiger partial charge is 0.368 e. The van der Waals surface area contributed by atoms with Crippen molar-refractivity contribution in [1.29, 1.82) is 5.26 Å². The van der Waals surface area contributed by atoms with Gasteiger partial charge < -0.3 is 9.80 Å². The van der Waals surface area contributed by atoms with E-state index < -0.39 is 0 Å². The number of rotatable bonds is 4. The molecule has 4 rings (SSSR count). The third-order valence-electron chi connectivity index (χ3n) is 6.13. The topological polar surface area (TPSA) is 56.1 Å². The molecule has 0 atom stereocenters. The number of benzene rings is 2. The zero-order valence-electron chi connectivity index (χ0n) is 20.1. The Hall–Kier alpha value is -3.04. The van der Waals surface area contributed by atoms with Crippen LogP contribution in [0.25, 0.3) is 11.3 Å². The molecule has 1 aliphatic heterocycles. The van der Waals surface area contributed by atoms with E-state index in [-0.39, 0.29) is 5.41 Å². The third-order valence-corrected chi connectivity index (χ3v) is 6.68. The summed E-state index contributed by atoms with van der Waals surface area (Å²) in [6.45, 7) is 12.1. The van der Waals surface area contributed by atoms with Crippen molar-refractivity contribution in [3.63, 3.8) is 0 Å². The zero-order chi connectivity index (χ0) is 23.6. The molecule has 0 amide bonds. The Morgan fingerprint density at radius 1 is 0.939 bits per heavy atom. The molecule has 0 radical (unpaired) electrons. The van der Waals surface area contributed by atoms with Gasteiger partial charge in [-0.1, -0.05) is 68.9 Å². The van der Waals surface area contributed by atoms with Crippen LogP contribution in [0.3, 0.4) is 0 Å². The molecule has 6 heteroatoms. The standard InChI is InChI=1S/C27H31N5S/c1-19-7-6-8-22(17-19)31-13-15-32(16-14-31)25-23(18-28)24(29-26(30-25)33-5)20-9-11-21(12-10-20)27(2,3)4/h6-12,17H,13-16H2,1-5H3. The Morgan fingerprint density at radius 2 is 1.61 bits per heavy atom. The van der Waals surface area contributed by atoms with E-state index in [2.05, 4.69) is 92.1 Å². The van der Waals surface area contributed by atoms with Crippen molar-refractivity contribution in [2.75, 3.05) is 42.2 Å². The Balaban J connectivity index is 1.65. The molecule has 0 N–H and O–H groups in total. The fraction of sp³-hybridized carbons (Fsp3) is 0.370. The lowest BCUT2D eigenvalue weighted by Gasteiger charge is -2.37. The first-order valence-corrected chi connectivity index (χ1v) is 12.6. The number of thioether (sulfide) groups is 1. The molecule has 170 valence electrons. The molecule has 2 aromatic carbocycles. The Kier molecular flexibility index (Phi) is 6.62. The smallest absolute Gasteiger partial charge is 0.189 e. The second-order valence-corrected chi connectivity index (χ2v) is 10.3. The minimum absolute atomic E-state index is 0.0782. The molecule has 0 saturated carbocycles. The van der Waals surface area contributed by atoms with Crippen LogP contribution in [0, 0.1) is 18.3 Å². The minimum Gasteiger partial charge on any atom is -0.368 e. The predicted octanol–water partition coefficient (Wildman–Crippen LogP) is 5.67. The van der Waals surface area contributed by atoms with Crippen LogP contribution < -0.4 is 9.80 Å². The summed E-state index contributed by atoms with van der Waals surface area (Å²) in [4.78, 5) is 14.2. The Labute approximate surface area is 201 Å². The summed E-state index contributed by atoms with van der Waals surface area (Å²) < 4.78 is 0. The van der Waals surface area contributed by atoms with Crippen LogP contribution in [0.4, 0.5) is 11.5 Å². The second kappa shape index (κ2) is 9.44. The molecule has 0 spiro atoms. The average Bonchev–Trinajstić information content (AvgIpc) is 2.83. The Morgan fingerprint density at radius 3 is 2.18 bits per heavy atom. The number of nitrogens with zero attached hydrogens (tertiary/aromatic N) is 5. The first-order chi connectivity index (χ1) is 15.8. The van der Waals surface area contributed by atoms with E-state index in [4.69, 9.17) is 9.97 Å². The molecule has 0 aliphatic carbocycles. The van der Waals surface area contributed by atoms with E-state index in [0.717, 1.165) is 37.6 Å². The molecule has 2 heterocycles. The van der Waals surface area contributed by atoms with Crippen LogP contribution in [0.2, 0.25) is 0 Å². The average molecular weight is 458 g/mol. The lowest BCUT2D eigenvalue weighted by molar-refractivity contribution is 0.590. The van der Waals surface area contributed by atoms with Crippen molar-refractivity contribution >= 4 is 23.3 Å². The maximum atomic E-state index is 10.1. The lowest BCUT2D eigenvalue weighted by Crippen LogP contribution is -2.47. The number of anilines is 2. The number of aromatic nitrogens is 2. The number of nitriles is 1. The quantitative estimate of drug-likeness (QED) is 0.372. The highest BCUT2D eigenvalue weighted by Gasteiger charge is 2.25. The molecule has 3 aromatic rings. The molecular weight excluding hydrogens is 426 g/mol. The molecule has 0 unspecified atom stereocenters. The van der Waals surface area contributed by atoms with Crippen LogP contribution in [0.1, 0.15) is 37.5 Å². The van der Waals surface area contributed by atoms with Crippen LogP contribution in [-0.2, 0) is 5.41 Å². The fourth-order valence-electron chi connectivity index (χ4n) is 4.19. The van der Waals surface area contributed by atoms with Crippen LogP contribution in [0.5, 0.6) is 0 Å². The summed E-state index contributed by atoms with van der Waals surface area (Å²) in [5.74, 6) is 0.746.